The van der Waals surface area contributed by atoms with Crippen molar-refractivity contribution in [1.82, 2.24) is 0 Å². The van der Waals surface area contributed by atoms with Crippen LogP contribution in [0.25, 0.3) is 0 Å². The fourth-order valence-corrected chi connectivity index (χ4v) is 11.4. The van der Waals surface area contributed by atoms with Crippen molar-refractivity contribution in [3.05, 3.63) is 89.9 Å². The van der Waals surface area contributed by atoms with E-state index in [0.717, 1.165) is 83.8 Å². The number of piperidine rings is 1. The third-order valence-electron chi connectivity index (χ3n) is 10.3. The van der Waals surface area contributed by atoms with Gasteiger partial charge in [-0.15, -0.1) is 0 Å². The SMILES string of the molecule is Cc1cc(C)c(N2CCC(C)CC2)c(C)c1NS(=O)(=O)c1cc(Cl)cc(Cl)c1O.Cc1cc(C)c(N2CCOCC2)c(C)c1NS(=O)(=O)c1cc(Cl)cc(Cl)c1O. The number of aryl methyl sites for hydroxylation is 4. The van der Waals surface area contributed by atoms with Crippen LogP contribution < -0.4 is 19.2 Å². The summed E-state index contributed by atoms with van der Waals surface area (Å²) < 4.78 is 62.7. The largest absolute Gasteiger partial charge is 0.505 e. The predicted octanol–water partition coefficient (Wildman–Crippen LogP) is 9.92. The highest BCUT2D eigenvalue weighted by molar-refractivity contribution is 7.93. The molecule has 6 rings (SSSR count). The highest BCUT2D eigenvalue weighted by Crippen LogP contribution is 2.41. The first-order chi connectivity index (χ1) is 26.6. The highest BCUT2D eigenvalue weighted by Gasteiger charge is 2.28. The van der Waals surface area contributed by atoms with Crippen molar-refractivity contribution in [2.75, 3.05) is 58.6 Å². The number of ether oxygens (including phenoxy) is 1. The van der Waals surface area contributed by atoms with E-state index in [4.69, 9.17) is 51.1 Å². The molecule has 2 aliphatic heterocycles. The normalized spacial score (nSPS) is 15.3. The summed E-state index contributed by atoms with van der Waals surface area (Å²) in [5.41, 5.74) is 8.49. The number of hydrogen-bond acceptors (Lipinski definition) is 9. The third-order valence-corrected chi connectivity index (χ3v) is 14.1. The van der Waals surface area contributed by atoms with Gasteiger partial charge < -0.3 is 24.7 Å². The summed E-state index contributed by atoms with van der Waals surface area (Å²) in [5, 5.41) is 20.3. The Labute approximate surface area is 355 Å². The summed E-state index contributed by atoms with van der Waals surface area (Å²) in [6.45, 7) is 18.5. The summed E-state index contributed by atoms with van der Waals surface area (Å²) in [7, 11) is -8.20. The van der Waals surface area contributed by atoms with Crippen molar-refractivity contribution >= 4 is 89.2 Å². The standard InChI is InChI=1S/C21H26Cl2N2O3S.C19H22Cl2N2O4S/c1-12-5-7-25(8-6-12)20-14(3)9-13(2)19(15(20)4)24-29(27,28)18-11-16(22)10-17(23)21(18)26;1-11-8-12(2)18(23-4-6-27-7-5-23)13(3)17(11)22-28(25,26)16-10-14(20)9-15(21)19(16)24/h9-12,24,26H,5-8H2,1-4H3;8-10,22,24H,4-7H2,1-3H3. The molecule has 0 amide bonds. The summed E-state index contributed by atoms with van der Waals surface area (Å²) in [6.07, 6.45) is 2.23. The number of phenolic OH excluding ortho intramolecular Hbond substituents is 2. The number of benzene rings is 4. The van der Waals surface area contributed by atoms with Crippen LogP contribution in [0.3, 0.4) is 0 Å². The van der Waals surface area contributed by atoms with E-state index >= 15 is 0 Å². The fraction of sp³-hybridized carbons (Fsp3) is 0.400. The second kappa shape index (κ2) is 17.9. The zero-order valence-electron chi connectivity index (χ0n) is 32.9. The maximum Gasteiger partial charge on any atom is 0.265 e. The average molecular weight is 903 g/mol. The molecule has 2 heterocycles. The molecule has 4 aromatic rings. The molecule has 0 atom stereocenters. The topological polar surface area (TPSA) is 149 Å². The Kier molecular flexibility index (Phi) is 14.1. The Balaban J connectivity index is 0.000000218. The van der Waals surface area contributed by atoms with Crippen molar-refractivity contribution in [1.29, 1.82) is 0 Å². The van der Waals surface area contributed by atoms with Crippen LogP contribution >= 0.6 is 46.4 Å². The molecule has 0 unspecified atom stereocenters. The molecular formula is C40H48Cl4N4O7S2. The summed E-state index contributed by atoms with van der Waals surface area (Å²) in [6, 6.07) is 8.89. The van der Waals surface area contributed by atoms with Gasteiger partial charge in [-0.2, -0.15) is 0 Å². The molecule has 2 aliphatic rings. The molecule has 4 N–H and O–H groups in total. The molecular weight excluding hydrogens is 854 g/mol. The van der Waals surface area contributed by atoms with Crippen molar-refractivity contribution in [3.8, 4) is 11.5 Å². The number of nitrogens with one attached hydrogen (secondary N) is 2. The zero-order valence-corrected chi connectivity index (χ0v) is 37.5. The van der Waals surface area contributed by atoms with Gasteiger partial charge in [0.15, 0.2) is 11.5 Å². The van der Waals surface area contributed by atoms with Crippen LogP contribution in [0, 0.1) is 47.5 Å². The lowest BCUT2D eigenvalue weighted by Crippen LogP contribution is -2.37. The van der Waals surface area contributed by atoms with Gasteiger partial charge in [-0.3, -0.25) is 9.44 Å². The third kappa shape index (κ3) is 9.95. The van der Waals surface area contributed by atoms with E-state index < -0.39 is 31.5 Å². The molecule has 0 saturated carbocycles. The van der Waals surface area contributed by atoms with Gasteiger partial charge in [0.1, 0.15) is 9.79 Å². The number of phenols is 2. The zero-order chi connectivity index (χ0) is 42.1. The van der Waals surface area contributed by atoms with Gasteiger partial charge in [0.25, 0.3) is 20.0 Å². The molecule has 0 spiro atoms. The van der Waals surface area contributed by atoms with Gasteiger partial charge in [-0.1, -0.05) is 65.5 Å². The lowest BCUT2D eigenvalue weighted by molar-refractivity contribution is 0.122. The second-order valence-corrected chi connectivity index (χ2v) is 19.7. The highest BCUT2D eigenvalue weighted by atomic mass is 35.5. The van der Waals surface area contributed by atoms with Gasteiger partial charge >= 0.3 is 0 Å². The van der Waals surface area contributed by atoms with E-state index in [0.29, 0.717) is 30.5 Å². The fourth-order valence-electron chi connectivity index (χ4n) is 7.53. The molecule has 0 radical (unpaired) electrons. The van der Waals surface area contributed by atoms with Crippen molar-refractivity contribution in [2.45, 2.75) is 71.1 Å². The van der Waals surface area contributed by atoms with E-state index in [-0.39, 0.29) is 29.9 Å². The Bertz CT molecular complexity index is 2400. The smallest absolute Gasteiger partial charge is 0.265 e. The second-order valence-electron chi connectivity index (χ2n) is 14.7. The maximum atomic E-state index is 13.0. The minimum absolute atomic E-state index is 0.113. The first-order valence-corrected chi connectivity index (χ1v) is 22.8. The Morgan fingerprint density at radius 2 is 0.965 bits per heavy atom. The van der Waals surface area contributed by atoms with Crippen molar-refractivity contribution in [3.63, 3.8) is 0 Å². The molecule has 57 heavy (non-hydrogen) atoms. The van der Waals surface area contributed by atoms with Gasteiger partial charge in [-0.05, 0) is 118 Å². The van der Waals surface area contributed by atoms with Crippen molar-refractivity contribution < 1.29 is 31.8 Å². The average Bonchev–Trinajstić information content (AvgIpc) is 3.13. The first kappa shape index (κ1) is 44.8. The maximum absolute atomic E-state index is 13.0. The van der Waals surface area contributed by atoms with Crippen LogP contribution in [0.2, 0.25) is 20.1 Å². The molecule has 0 aliphatic carbocycles. The van der Waals surface area contributed by atoms with Crippen LogP contribution in [0.5, 0.6) is 11.5 Å². The molecule has 2 saturated heterocycles. The van der Waals surface area contributed by atoms with Crippen molar-refractivity contribution in [2.24, 2.45) is 5.92 Å². The van der Waals surface area contributed by atoms with Gasteiger partial charge in [-0.25, -0.2) is 16.8 Å². The minimum atomic E-state index is -4.11. The quantitative estimate of drug-likeness (QED) is 0.136. The van der Waals surface area contributed by atoms with Gasteiger partial charge in [0.05, 0.1) is 34.6 Å². The Morgan fingerprint density at radius 1 is 0.596 bits per heavy atom. The Hall–Kier alpha value is -3.30. The number of aromatic hydroxyl groups is 2. The molecule has 2 fully saturated rings. The monoisotopic (exact) mass is 900 g/mol. The molecule has 310 valence electrons. The van der Waals surface area contributed by atoms with Crippen LogP contribution in [-0.2, 0) is 24.8 Å². The molecule has 17 heteroatoms. The summed E-state index contributed by atoms with van der Waals surface area (Å²) >= 11 is 23.7. The lowest BCUT2D eigenvalue weighted by Gasteiger charge is -2.35. The van der Waals surface area contributed by atoms with Crippen LogP contribution in [0.15, 0.2) is 46.2 Å². The van der Waals surface area contributed by atoms with Crippen LogP contribution in [0.1, 0.15) is 53.1 Å². The molecule has 4 aromatic carbocycles. The summed E-state index contributed by atoms with van der Waals surface area (Å²) in [5.74, 6) is -0.351. The number of nitrogens with zero attached hydrogens (tertiary/aromatic N) is 2. The van der Waals surface area contributed by atoms with E-state index in [1.807, 2.05) is 53.7 Å². The number of sulfonamides is 2. The summed E-state index contributed by atoms with van der Waals surface area (Å²) in [4.78, 5) is 3.81. The molecule has 11 nitrogen and oxygen atoms in total. The van der Waals surface area contributed by atoms with Gasteiger partial charge in [0, 0.05) is 47.6 Å². The number of morpholine rings is 1. The number of anilines is 4. The van der Waals surface area contributed by atoms with E-state index in [1.165, 1.54) is 24.3 Å². The predicted molar refractivity (Wildman–Crippen MR) is 233 cm³/mol. The van der Waals surface area contributed by atoms with Gasteiger partial charge in [0.2, 0.25) is 0 Å². The lowest BCUT2D eigenvalue weighted by atomic mass is 9.95. The van der Waals surface area contributed by atoms with Crippen LogP contribution in [-0.4, -0.2) is 66.4 Å². The van der Waals surface area contributed by atoms with E-state index in [1.54, 1.807) is 0 Å². The molecule has 0 aromatic heterocycles. The van der Waals surface area contributed by atoms with Crippen LogP contribution in [0.4, 0.5) is 22.7 Å². The molecule has 0 bridgehead atoms. The minimum Gasteiger partial charge on any atom is -0.505 e. The number of hydrogen-bond donors (Lipinski definition) is 4. The van der Waals surface area contributed by atoms with E-state index in [2.05, 4.69) is 26.2 Å². The van der Waals surface area contributed by atoms with E-state index in [9.17, 15) is 27.0 Å². The number of halogens is 4. The Morgan fingerprint density at radius 3 is 1.35 bits per heavy atom. The number of rotatable bonds is 8. The first-order valence-electron chi connectivity index (χ1n) is 18.3.